The lowest BCUT2D eigenvalue weighted by Gasteiger charge is -2.33. The number of halogens is 1. The quantitative estimate of drug-likeness (QED) is 0.812. The highest BCUT2D eigenvalue weighted by Crippen LogP contribution is 2.27. The first-order valence-electron chi connectivity index (χ1n) is 9.16. The van der Waals surface area contributed by atoms with Gasteiger partial charge in [-0.3, -0.25) is 4.79 Å². The molecule has 0 bridgehead atoms. The second kappa shape index (κ2) is 8.66. The number of esters is 1. The number of carbonyl (C=O) groups is 2. The average molecular weight is 370 g/mol. The fourth-order valence-electron chi connectivity index (χ4n) is 3.30. The summed E-state index contributed by atoms with van der Waals surface area (Å²) in [6, 6.07) is 13.5. The number of ether oxygens (including phenoxy) is 1. The molecule has 1 fully saturated rings. The minimum Gasteiger partial charge on any atom is -0.462 e. The summed E-state index contributed by atoms with van der Waals surface area (Å²) in [4.78, 5) is 26.7. The number of piperidine rings is 1. The third-order valence-electron chi connectivity index (χ3n) is 4.74. The third kappa shape index (κ3) is 4.45. The highest BCUT2D eigenvalue weighted by atomic mass is 19.1. The van der Waals surface area contributed by atoms with Crippen molar-refractivity contribution in [2.75, 3.05) is 29.9 Å². The number of hydrogen-bond acceptors (Lipinski definition) is 4. The third-order valence-corrected chi connectivity index (χ3v) is 4.74. The maximum absolute atomic E-state index is 13.9. The van der Waals surface area contributed by atoms with Gasteiger partial charge in [0.25, 0.3) is 0 Å². The van der Waals surface area contributed by atoms with Crippen molar-refractivity contribution in [2.24, 2.45) is 5.92 Å². The summed E-state index contributed by atoms with van der Waals surface area (Å²) in [6.07, 6.45) is 1.25. The Kier molecular flexibility index (Phi) is 6.06. The monoisotopic (exact) mass is 370 g/mol. The predicted molar refractivity (Wildman–Crippen MR) is 102 cm³/mol. The van der Waals surface area contributed by atoms with Crippen molar-refractivity contribution in [2.45, 2.75) is 19.8 Å². The van der Waals surface area contributed by atoms with Gasteiger partial charge in [0.15, 0.2) is 0 Å². The van der Waals surface area contributed by atoms with E-state index in [1.807, 2.05) is 11.0 Å². The molecule has 0 aromatic heterocycles. The number of nitrogens with one attached hydrogen (secondary N) is 1. The second-order valence-corrected chi connectivity index (χ2v) is 6.47. The summed E-state index contributed by atoms with van der Waals surface area (Å²) in [5.74, 6) is -1.00. The summed E-state index contributed by atoms with van der Waals surface area (Å²) in [5, 5.41) is 2.85. The van der Waals surface area contributed by atoms with E-state index >= 15 is 0 Å². The van der Waals surface area contributed by atoms with Crippen LogP contribution in [0.5, 0.6) is 0 Å². The van der Waals surface area contributed by atoms with Gasteiger partial charge >= 0.3 is 5.97 Å². The first kappa shape index (κ1) is 18.9. The lowest BCUT2D eigenvalue weighted by atomic mass is 9.95. The molecule has 0 aliphatic carbocycles. The Morgan fingerprint density at radius 1 is 1.11 bits per heavy atom. The SMILES string of the molecule is CCOC(=O)c1ccccc1NC(=O)C1CCN(c2ccccc2F)CC1. The van der Waals surface area contributed by atoms with Crippen molar-refractivity contribution in [3.63, 3.8) is 0 Å². The van der Waals surface area contributed by atoms with Gasteiger partial charge in [0.1, 0.15) is 5.82 Å². The van der Waals surface area contributed by atoms with E-state index in [4.69, 9.17) is 4.74 Å². The van der Waals surface area contributed by atoms with Crippen LogP contribution in [0.1, 0.15) is 30.1 Å². The average Bonchev–Trinajstić information content (AvgIpc) is 2.69. The number of hydrogen-bond donors (Lipinski definition) is 1. The second-order valence-electron chi connectivity index (χ2n) is 6.47. The van der Waals surface area contributed by atoms with Crippen molar-refractivity contribution < 1.29 is 18.7 Å². The van der Waals surface area contributed by atoms with E-state index in [1.165, 1.54) is 6.07 Å². The normalized spacial score (nSPS) is 14.7. The van der Waals surface area contributed by atoms with E-state index in [9.17, 15) is 14.0 Å². The van der Waals surface area contributed by atoms with Crippen molar-refractivity contribution in [3.8, 4) is 0 Å². The van der Waals surface area contributed by atoms with E-state index in [0.717, 1.165) is 0 Å². The van der Waals surface area contributed by atoms with Gasteiger partial charge in [-0.25, -0.2) is 9.18 Å². The van der Waals surface area contributed by atoms with Crippen molar-refractivity contribution in [1.29, 1.82) is 0 Å². The predicted octanol–water partition coefficient (Wildman–Crippen LogP) is 3.86. The van der Waals surface area contributed by atoms with Gasteiger partial charge < -0.3 is 15.0 Å². The maximum Gasteiger partial charge on any atom is 0.340 e. The Hall–Kier alpha value is -2.89. The van der Waals surface area contributed by atoms with Crippen LogP contribution in [0.3, 0.4) is 0 Å². The van der Waals surface area contributed by atoms with E-state index in [2.05, 4.69) is 5.32 Å². The van der Waals surface area contributed by atoms with Gasteiger partial charge in [-0.05, 0) is 44.0 Å². The number of amides is 1. The van der Waals surface area contributed by atoms with Crippen LogP contribution in [0.15, 0.2) is 48.5 Å². The highest BCUT2D eigenvalue weighted by molar-refractivity contribution is 6.01. The topological polar surface area (TPSA) is 58.6 Å². The fraction of sp³-hybridized carbons (Fsp3) is 0.333. The van der Waals surface area contributed by atoms with Crippen LogP contribution in [-0.2, 0) is 9.53 Å². The largest absolute Gasteiger partial charge is 0.462 e. The molecule has 0 unspecified atom stereocenters. The summed E-state index contributed by atoms with van der Waals surface area (Å²) >= 11 is 0. The Labute approximate surface area is 158 Å². The molecule has 0 spiro atoms. The summed E-state index contributed by atoms with van der Waals surface area (Å²) in [5.41, 5.74) is 1.37. The Balaban J connectivity index is 1.62. The number of benzene rings is 2. The maximum atomic E-state index is 13.9. The zero-order valence-corrected chi connectivity index (χ0v) is 15.3. The van der Waals surface area contributed by atoms with Gasteiger partial charge in [0, 0.05) is 19.0 Å². The van der Waals surface area contributed by atoms with E-state index in [-0.39, 0.29) is 24.2 Å². The van der Waals surface area contributed by atoms with Crippen molar-refractivity contribution in [1.82, 2.24) is 0 Å². The summed E-state index contributed by atoms with van der Waals surface area (Å²) in [6.45, 7) is 3.23. The molecule has 1 aliphatic heterocycles. The Morgan fingerprint density at radius 3 is 2.48 bits per heavy atom. The zero-order valence-electron chi connectivity index (χ0n) is 15.3. The number of carbonyl (C=O) groups excluding carboxylic acids is 2. The fourth-order valence-corrected chi connectivity index (χ4v) is 3.30. The molecule has 1 saturated heterocycles. The van der Waals surface area contributed by atoms with Crippen LogP contribution in [0.4, 0.5) is 15.8 Å². The molecule has 0 atom stereocenters. The highest BCUT2D eigenvalue weighted by Gasteiger charge is 2.27. The molecule has 2 aromatic carbocycles. The van der Waals surface area contributed by atoms with Gasteiger partial charge in [-0.15, -0.1) is 0 Å². The van der Waals surface area contributed by atoms with E-state index in [1.54, 1.807) is 43.3 Å². The van der Waals surface area contributed by atoms with Gasteiger partial charge in [-0.2, -0.15) is 0 Å². The lowest BCUT2D eigenvalue weighted by molar-refractivity contribution is -0.120. The molecule has 5 nitrogen and oxygen atoms in total. The molecule has 3 rings (SSSR count). The standard InChI is InChI=1S/C21H23FN2O3/c1-2-27-21(26)16-7-3-5-9-18(16)23-20(25)15-11-13-24(14-12-15)19-10-6-4-8-17(19)22/h3-10,15H,2,11-14H2,1H3,(H,23,25). The van der Waals surface area contributed by atoms with Gasteiger partial charge in [-0.1, -0.05) is 24.3 Å². The molecular weight excluding hydrogens is 347 g/mol. The molecule has 1 N–H and O–H groups in total. The van der Waals surface area contributed by atoms with E-state index < -0.39 is 5.97 Å². The minimum atomic E-state index is -0.456. The van der Waals surface area contributed by atoms with Gasteiger partial charge in [0.2, 0.25) is 5.91 Å². The molecule has 1 aliphatic rings. The molecular formula is C21H23FN2O3. The molecule has 142 valence electrons. The minimum absolute atomic E-state index is 0.125. The molecule has 0 radical (unpaired) electrons. The van der Waals surface area contributed by atoms with Gasteiger partial charge in [0.05, 0.1) is 23.5 Å². The number of rotatable bonds is 5. The van der Waals surface area contributed by atoms with Crippen molar-refractivity contribution in [3.05, 3.63) is 59.9 Å². The molecule has 1 heterocycles. The Morgan fingerprint density at radius 2 is 1.78 bits per heavy atom. The zero-order chi connectivity index (χ0) is 19.2. The molecule has 0 saturated carbocycles. The first-order chi connectivity index (χ1) is 13.1. The number of para-hydroxylation sites is 2. The smallest absolute Gasteiger partial charge is 0.340 e. The molecule has 27 heavy (non-hydrogen) atoms. The lowest BCUT2D eigenvalue weighted by Crippen LogP contribution is -2.38. The van der Waals surface area contributed by atoms with Crippen molar-refractivity contribution >= 4 is 23.3 Å². The summed E-state index contributed by atoms with van der Waals surface area (Å²) in [7, 11) is 0. The van der Waals surface area contributed by atoms with E-state index in [0.29, 0.717) is 42.9 Å². The molecule has 1 amide bonds. The number of nitrogens with zero attached hydrogens (tertiary/aromatic N) is 1. The van der Waals surface area contributed by atoms with Crippen LogP contribution >= 0.6 is 0 Å². The first-order valence-corrected chi connectivity index (χ1v) is 9.16. The summed E-state index contributed by atoms with van der Waals surface area (Å²) < 4.78 is 19.0. The molecule has 2 aromatic rings. The van der Waals surface area contributed by atoms with Crippen LogP contribution in [0, 0.1) is 11.7 Å². The number of anilines is 2. The van der Waals surface area contributed by atoms with Crippen LogP contribution in [0.25, 0.3) is 0 Å². The van der Waals surface area contributed by atoms with Crippen LogP contribution in [0.2, 0.25) is 0 Å². The molecule has 6 heteroatoms. The Bertz CT molecular complexity index is 817. The van der Waals surface area contributed by atoms with Crippen LogP contribution < -0.4 is 10.2 Å². The van der Waals surface area contributed by atoms with Crippen LogP contribution in [-0.4, -0.2) is 31.6 Å².